The third-order valence-corrected chi connectivity index (χ3v) is 5.57. The zero-order chi connectivity index (χ0) is 22.7. The quantitative estimate of drug-likeness (QED) is 0.543. The summed E-state index contributed by atoms with van der Waals surface area (Å²) in [7, 11) is 0. The molecule has 2 N–H and O–H groups in total. The molecule has 2 aromatic carbocycles. The van der Waals surface area contributed by atoms with Gasteiger partial charge in [-0.15, -0.1) is 0 Å². The van der Waals surface area contributed by atoms with Crippen LogP contribution in [0.4, 0.5) is 5.69 Å². The number of aryl methyl sites for hydroxylation is 2. The van der Waals surface area contributed by atoms with E-state index >= 15 is 0 Å². The van der Waals surface area contributed by atoms with E-state index in [-0.39, 0.29) is 18.2 Å². The van der Waals surface area contributed by atoms with Crippen LogP contribution in [-0.4, -0.2) is 28.1 Å². The SMILES string of the molecule is CCNC(=O)c1ccc(C)c(NC(=O)Cc2c(C)nn(-c3ccc(Cl)cc3Cl)c2C)c1. The maximum atomic E-state index is 12.8. The maximum absolute atomic E-state index is 12.8. The molecule has 0 spiro atoms. The molecule has 1 heterocycles. The first-order chi connectivity index (χ1) is 14.7. The summed E-state index contributed by atoms with van der Waals surface area (Å²) in [6, 6.07) is 10.4. The number of rotatable bonds is 6. The van der Waals surface area contributed by atoms with Gasteiger partial charge in [-0.25, -0.2) is 4.68 Å². The van der Waals surface area contributed by atoms with E-state index in [9.17, 15) is 9.59 Å². The summed E-state index contributed by atoms with van der Waals surface area (Å²) in [5, 5.41) is 11.3. The van der Waals surface area contributed by atoms with Crippen molar-refractivity contribution in [2.45, 2.75) is 34.1 Å². The van der Waals surface area contributed by atoms with Crippen molar-refractivity contribution >= 4 is 40.7 Å². The molecule has 31 heavy (non-hydrogen) atoms. The third kappa shape index (κ3) is 5.09. The maximum Gasteiger partial charge on any atom is 0.251 e. The second-order valence-electron chi connectivity index (χ2n) is 7.27. The number of halogens is 2. The van der Waals surface area contributed by atoms with Crippen LogP contribution in [0, 0.1) is 20.8 Å². The molecule has 1 aromatic heterocycles. The summed E-state index contributed by atoms with van der Waals surface area (Å²) < 4.78 is 1.72. The van der Waals surface area contributed by atoms with Crippen molar-refractivity contribution < 1.29 is 9.59 Å². The normalized spacial score (nSPS) is 10.8. The minimum absolute atomic E-state index is 0.147. The lowest BCUT2D eigenvalue weighted by Gasteiger charge is -2.11. The van der Waals surface area contributed by atoms with Crippen LogP contribution < -0.4 is 10.6 Å². The Morgan fingerprint density at radius 2 is 1.81 bits per heavy atom. The Hall–Kier alpha value is -2.83. The molecule has 8 heteroatoms. The molecular weight excluding hydrogens is 435 g/mol. The van der Waals surface area contributed by atoms with Crippen LogP contribution >= 0.6 is 23.2 Å². The molecule has 0 unspecified atom stereocenters. The molecule has 3 rings (SSSR count). The van der Waals surface area contributed by atoms with E-state index in [0.29, 0.717) is 33.5 Å². The Morgan fingerprint density at radius 1 is 1.06 bits per heavy atom. The van der Waals surface area contributed by atoms with E-state index in [1.807, 2.05) is 33.8 Å². The summed E-state index contributed by atoms with van der Waals surface area (Å²) in [6.07, 6.45) is 0.147. The van der Waals surface area contributed by atoms with Gasteiger partial charge in [0, 0.05) is 34.1 Å². The van der Waals surface area contributed by atoms with Gasteiger partial charge in [-0.1, -0.05) is 29.3 Å². The summed E-state index contributed by atoms with van der Waals surface area (Å²) in [5.74, 6) is -0.366. The number of carbonyl (C=O) groups excluding carboxylic acids is 2. The van der Waals surface area contributed by atoms with E-state index in [1.54, 1.807) is 35.0 Å². The van der Waals surface area contributed by atoms with Crippen LogP contribution in [0.1, 0.15) is 39.8 Å². The lowest BCUT2D eigenvalue weighted by Crippen LogP contribution is -2.23. The number of nitrogens with zero attached hydrogens (tertiary/aromatic N) is 2. The molecule has 2 amide bonds. The molecule has 0 bridgehead atoms. The van der Waals surface area contributed by atoms with Gasteiger partial charge in [-0.05, 0) is 63.6 Å². The topological polar surface area (TPSA) is 76.0 Å². The van der Waals surface area contributed by atoms with Crippen LogP contribution in [0.3, 0.4) is 0 Å². The molecule has 0 aliphatic rings. The fourth-order valence-corrected chi connectivity index (χ4v) is 3.82. The number of benzene rings is 2. The molecule has 0 radical (unpaired) electrons. The van der Waals surface area contributed by atoms with Gasteiger partial charge in [0.2, 0.25) is 5.91 Å². The van der Waals surface area contributed by atoms with Crippen molar-refractivity contribution in [3.8, 4) is 5.69 Å². The number of amides is 2. The van der Waals surface area contributed by atoms with Gasteiger partial charge in [0.25, 0.3) is 5.91 Å². The minimum atomic E-state index is -0.191. The highest BCUT2D eigenvalue weighted by Crippen LogP contribution is 2.27. The average Bonchev–Trinajstić information content (AvgIpc) is 2.98. The van der Waals surface area contributed by atoms with E-state index in [1.165, 1.54) is 0 Å². The Bertz CT molecular complexity index is 1150. The molecule has 0 aliphatic heterocycles. The Kier molecular flexibility index (Phi) is 7.03. The van der Waals surface area contributed by atoms with Crippen molar-refractivity contribution in [1.82, 2.24) is 15.1 Å². The molecule has 6 nitrogen and oxygen atoms in total. The second-order valence-corrected chi connectivity index (χ2v) is 8.11. The number of hydrogen-bond donors (Lipinski definition) is 2. The highest BCUT2D eigenvalue weighted by Gasteiger charge is 2.18. The summed E-state index contributed by atoms with van der Waals surface area (Å²) in [5.41, 5.74) is 5.07. The number of anilines is 1. The smallest absolute Gasteiger partial charge is 0.251 e. The first kappa shape index (κ1) is 22.8. The van der Waals surface area contributed by atoms with Crippen molar-refractivity contribution in [1.29, 1.82) is 0 Å². The van der Waals surface area contributed by atoms with Crippen molar-refractivity contribution in [3.63, 3.8) is 0 Å². The van der Waals surface area contributed by atoms with Crippen LogP contribution in [0.5, 0.6) is 0 Å². The molecular formula is C23H24Cl2N4O2. The fraction of sp³-hybridized carbons (Fsp3) is 0.261. The summed E-state index contributed by atoms with van der Waals surface area (Å²) >= 11 is 12.3. The van der Waals surface area contributed by atoms with Crippen LogP contribution in [-0.2, 0) is 11.2 Å². The minimum Gasteiger partial charge on any atom is -0.352 e. The van der Waals surface area contributed by atoms with E-state index in [2.05, 4.69) is 15.7 Å². The Balaban J connectivity index is 1.83. The van der Waals surface area contributed by atoms with Gasteiger partial charge in [0.05, 0.1) is 22.8 Å². The molecule has 0 saturated heterocycles. The van der Waals surface area contributed by atoms with Crippen molar-refractivity contribution in [2.75, 3.05) is 11.9 Å². The molecule has 0 saturated carbocycles. The Labute approximate surface area is 191 Å². The standard InChI is InChI=1S/C23H24Cl2N4O2/c1-5-26-23(31)16-7-6-13(2)20(10-16)27-22(30)12-18-14(3)28-29(15(18)4)21-9-8-17(24)11-19(21)25/h6-11H,5,12H2,1-4H3,(H,26,31)(H,27,30). The highest BCUT2D eigenvalue weighted by molar-refractivity contribution is 6.35. The van der Waals surface area contributed by atoms with E-state index in [0.717, 1.165) is 22.5 Å². The van der Waals surface area contributed by atoms with Gasteiger partial charge in [-0.3, -0.25) is 9.59 Å². The Morgan fingerprint density at radius 3 is 2.48 bits per heavy atom. The predicted octanol–water partition coefficient (Wildman–Crippen LogP) is 5.04. The number of nitrogens with one attached hydrogen (secondary N) is 2. The predicted molar refractivity (Wildman–Crippen MR) is 125 cm³/mol. The lowest BCUT2D eigenvalue weighted by molar-refractivity contribution is -0.115. The lowest BCUT2D eigenvalue weighted by atomic mass is 10.1. The third-order valence-electron chi connectivity index (χ3n) is 5.03. The zero-order valence-electron chi connectivity index (χ0n) is 17.8. The van der Waals surface area contributed by atoms with Gasteiger partial charge in [-0.2, -0.15) is 5.10 Å². The highest BCUT2D eigenvalue weighted by atomic mass is 35.5. The monoisotopic (exact) mass is 458 g/mol. The summed E-state index contributed by atoms with van der Waals surface area (Å²) in [6.45, 7) is 8.03. The van der Waals surface area contributed by atoms with Crippen LogP contribution in [0.15, 0.2) is 36.4 Å². The van der Waals surface area contributed by atoms with Crippen LogP contribution in [0.25, 0.3) is 5.69 Å². The number of carbonyl (C=O) groups is 2. The largest absolute Gasteiger partial charge is 0.352 e. The zero-order valence-corrected chi connectivity index (χ0v) is 19.4. The van der Waals surface area contributed by atoms with Gasteiger partial charge in [0.15, 0.2) is 0 Å². The van der Waals surface area contributed by atoms with Crippen LogP contribution in [0.2, 0.25) is 10.0 Å². The average molecular weight is 459 g/mol. The van der Waals surface area contributed by atoms with Gasteiger partial charge >= 0.3 is 0 Å². The molecule has 0 fully saturated rings. The van der Waals surface area contributed by atoms with Crippen molar-refractivity contribution in [2.24, 2.45) is 0 Å². The first-order valence-electron chi connectivity index (χ1n) is 9.90. The van der Waals surface area contributed by atoms with Gasteiger partial charge in [0.1, 0.15) is 0 Å². The van der Waals surface area contributed by atoms with Gasteiger partial charge < -0.3 is 10.6 Å². The number of hydrogen-bond acceptors (Lipinski definition) is 3. The first-order valence-corrected chi connectivity index (χ1v) is 10.7. The fourth-order valence-electron chi connectivity index (χ4n) is 3.33. The van der Waals surface area contributed by atoms with Crippen molar-refractivity contribution in [3.05, 3.63) is 74.5 Å². The van der Waals surface area contributed by atoms with E-state index in [4.69, 9.17) is 23.2 Å². The van der Waals surface area contributed by atoms with E-state index < -0.39 is 0 Å². The molecule has 162 valence electrons. The summed E-state index contributed by atoms with van der Waals surface area (Å²) in [4.78, 5) is 24.9. The number of aromatic nitrogens is 2. The molecule has 0 atom stereocenters. The second kappa shape index (κ2) is 9.54. The molecule has 0 aliphatic carbocycles. The molecule has 3 aromatic rings.